The second kappa shape index (κ2) is 9.18. The van der Waals surface area contributed by atoms with E-state index in [1.807, 2.05) is 24.0 Å². The second-order valence-corrected chi connectivity index (χ2v) is 7.88. The smallest absolute Gasteiger partial charge is 0.0966 e. The number of hydrogen-bond acceptors (Lipinski definition) is 4. The Morgan fingerprint density at radius 2 is 1.70 bits per heavy atom. The van der Waals surface area contributed by atoms with Gasteiger partial charge in [0.2, 0.25) is 0 Å². The maximum atomic E-state index is 5.91. The summed E-state index contributed by atoms with van der Waals surface area (Å²) in [6.45, 7) is 3.43. The summed E-state index contributed by atoms with van der Waals surface area (Å²) in [5, 5.41) is 1.32. The summed E-state index contributed by atoms with van der Waals surface area (Å²) in [4.78, 5) is 7.11. The molecule has 1 aliphatic rings. The number of morpholine rings is 1. The Morgan fingerprint density at radius 1 is 0.963 bits per heavy atom. The molecule has 0 N–H and O–H groups in total. The molecule has 2 heterocycles. The van der Waals surface area contributed by atoms with Gasteiger partial charge in [-0.05, 0) is 23.3 Å². The third-order valence-electron chi connectivity index (χ3n) is 4.87. The minimum atomic E-state index is 0.269. The summed E-state index contributed by atoms with van der Waals surface area (Å²) < 4.78 is 5.91. The molecule has 0 spiro atoms. The fourth-order valence-electron chi connectivity index (χ4n) is 3.51. The number of benzene rings is 2. The fourth-order valence-corrected chi connectivity index (χ4v) is 4.75. The number of thioether (sulfide) groups is 1. The molecule has 1 aliphatic heterocycles. The van der Waals surface area contributed by atoms with Crippen molar-refractivity contribution < 1.29 is 4.74 Å². The Labute approximate surface area is 165 Å². The van der Waals surface area contributed by atoms with Crippen LogP contribution in [0.5, 0.6) is 0 Å². The van der Waals surface area contributed by atoms with Gasteiger partial charge in [-0.1, -0.05) is 78.5 Å². The lowest BCUT2D eigenvalue weighted by atomic mass is 10.0. The molecule has 1 saturated heterocycles. The molecular weight excluding hydrogens is 352 g/mol. The number of rotatable bonds is 6. The van der Waals surface area contributed by atoms with Gasteiger partial charge in [-0.15, -0.1) is 0 Å². The number of pyridine rings is 1. The highest BCUT2D eigenvalue weighted by molar-refractivity contribution is 7.99. The molecule has 138 valence electrons. The van der Waals surface area contributed by atoms with Crippen LogP contribution >= 0.6 is 11.8 Å². The lowest BCUT2D eigenvalue weighted by Gasteiger charge is -2.40. The van der Waals surface area contributed by atoms with E-state index in [0.29, 0.717) is 6.04 Å². The SMILES string of the molecule is c1ccc(CN2CCOCC2C(Sc2ccccn2)c2ccccc2)cc1. The van der Waals surface area contributed by atoms with Gasteiger partial charge >= 0.3 is 0 Å². The zero-order valence-electron chi connectivity index (χ0n) is 15.3. The van der Waals surface area contributed by atoms with Gasteiger partial charge in [0.25, 0.3) is 0 Å². The van der Waals surface area contributed by atoms with Gasteiger partial charge in [0.1, 0.15) is 0 Å². The number of hydrogen-bond donors (Lipinski definition) is 0. The first-order valence-corrected chi connectivity index (χ1v) is 10.3. The minimum absolute atomic E-state index is 0.269. The molecule has 1 fully saturated rings. The summed E-state index contributed by atoms with van der Waals surface area (Å²) in [7, 11) is 0. The van der Waals surface area contributed by atoms with Crippen LogP contribution in [0.1, 0.15) is 16.4 Å². The molecule has 2 aromatic carbocycles. The summed E-state index contributed by atoms with van der Waals surface area (Å²) in [6.07, 6.45) is 1.86. The number of nitrogens with zero attached hydrogens (tertiary/aromatic N) is 2. The van der Waals surface area contributed by atoms with E-state index >= 15 is 0 Å². The van der Waals surface area contributed by atoms with Crippen molar-refractivity contribution in [3.8, 4) is 0 Å². The zero-order valence-corrected chi connectivity index (χ0v) is 16.1. The van der Waals surface area contributed by atoms with Crippen LogP contribution in [0.4, 0.5) is 0 Å². The van der Waals surface area contributed by atoms with E-state index in [4.69, 9.17) is 4.74 Å². The van der Waals surface area contributed by atoms with Crippen LogP contribution in [0.2, 0.25) is 0 Å². The van der Waals surface area contributed by atoms with Crippen molar-refractivity contribution in [3.05, 3.63) is 96.2 Å². The molecule has 0 saturated carbocycles. The molecule has 2 atom stereocenters. The first-order valence-electron chi connectivity index (χ1n) is 9.38. The van der Waals surface area contributed by atoms with Crippen molar-refractivity contribution in [3.63, 3.8) is 0 Å². The summed E-state index contributed by atoms with van der Waals surface area (Å²) in [5.41, 5.74) is 2.67. The van der Waals surface area contributed by atoms with Gasteiger partial charge in [-0.25, -0.2) is 4.98 Å². The maximum Gasteiger partial charge on any atom is 0.0966 e. The molecule has 0 bridgehead atoms. The Hall–Kier alpha value is -2.14. The van der Waals surface area contributed by atoms with Crippen molar-refractivity contribution in [2.75, 3.05) is 19.8 Å². The van der Waals surface area contributed by atoms with E-state index in [-0.39, 0.29) is 5.25 Å². The molecule has 0 amide bonds. The van der Waals surface area contributed by atoms with Crippen LogP contribution < -0.4 is 0 Å². The third kappa shape index (κ3) is 4.78. The molecule has 27 heavy (non-hydrogen) atoms. The van der Waals surface area contributed by atoms with E-state index in [1.54, 1.807) is 0 Å². The molecule has 4 heteroatoms. The molecular formula is C23H24N2OS. The Bertz CT molecular complexity index is 814. The van der Waals surface area contributed by atoms with E-state index < -0.39 is 0 Å². The number of aromatic nitrogens is 1. The van der Waals surface area contributed by atoms with Crippen molar-refractivity contribution in [1.82, 2.24) is 9.88 Å². The van der Waals surface area contributed by atoms with Crippen molar-refractivity contribution >= 4 is 11.8 Å². The Kier molecular flexibility index (Phi) is 6.20. The molecule has 3 aromatic rings. The highest BCUT2D eigenvalue weighted by Crippen LogP contribution is 2.40. The Balaban J connectivity index is 1.62. The van der Waals surface area contributed by atoms with Gasteiger partial charge < -0.3 is 4.74 Å². The van der Waals surface area contributed by atoms with Crippen LogP contribution in [-0.2, 0) is 11.3 Å². The number of ether oxygens (including phenoxy) is 1. The van der Waals surface area contributed by atoms with Crippen LogP contribution in [0, 0.1) is 0 Å². The van der Waals surface area contributed by atoms with Gasteiger partial charge in [0.15, 0.2) is 0 Å². The zero-order chi connectivity index (χ0) is 18.3. The Morgan fingerprint density at radius 3 is 2.44 bits per heavy atom. The van der Waals surface area contributed by atoms with Crippen LogP contribution in [-0.4, -0.2) is 35.7 Å². The van der Waals surface area contributed by atoms with E-state index in [0.717, 1.165) is 31.3 Å². The maximum absolute atomic E-state index is 5.91. The molecule has 0 aliphatic carbocycles. The van der Waals surface area contributed by atoms with Gasteiger partial charge in [-0.2, -0.15) is 0 Å². The molecule has 3 nitrogen and oxygen atoms in total. The quantitative estimate of drug-likeness (QED) is 0.576. The van der Waals surface area contributed by atoms with Crippen LogP contribution in [0.25, 0.3) is 0 Å². The normalized spacial score (nSPS) is 18.9. The van der Waals surface area contributed by atoms with Crippen molar-refractivity contribution in [1.29, 1.82) is 0 Å². The summed E-state index contributed by atoms with van der Waals surface area (Å²) in [6, 6.07) is 27.9. The monoisotopic (exact) mass is 376 g/mol. The van der Waals surface area contributed by atoms with Gasteiger partial charge in [0, 0.05) is 25.3 Å². The minimum Gasteiger partial charge on any atom is -0.378 e. The summed E-state index contributed by atoms with van der Waals surface area (Å²) in [5.74, 6) is 0. The van der Waals surface area contributed by atoms with E-state index in [1.165, 1.54) is 11.1 Å². The lowest BCUT2D eigenvalue weighted by Crippen LogP contribution is -2.47. The van der Waals surface area contributed by atoms with Gasteiger partial charge in [-0.3, -0.25) is 4.90 Å². The second-order valence-electron chi connectivity index (χ2n) is 6.72. The third-order valence-corrected chi connectivity index (χ3v) is 6.20. The molecule has 1 aromatic heterocycles. The highest BCUT2D eigenvalue weighted by atomic mass is 32.2. The first kappa shape index (κ1) is 18.2. The van der Waals surface area contributed by atoms with Crippen LogP contribution in [0.15, 0.2) is 90.1 Å². The average Bonchev–Trinajstić information content (AvgIpc) is 2.75. The van der Waals surface area contributed by atoms with Crippen molar-refractivity contribution in [2.45, 2.75) is 22.9 Å². The highest BCUT2D eigenvalue weighted by Gasteiger charge is 2.32. The lowest BCUT2D eigenvalue weighted by molar-refractivity contribution is -0.0123. The molecule has 0 radical (unpaired) electrons. The topological polar surface area (TPSA) is 25.4 Å². The van der Waals surface area contributed by atoms with Crippen LogP contribution in [0.3, 0.4) is 0 Å². The van der Waals surface area contributed by atoms with Gasteiger partial charge in [0.05, 0.1) is 23.5 Å². The summed E-state index contributed by atoms with van der Waals surface area (Å²) >= 11 is 1.83. The predicted octanol–water partition coefficient (Wildman–Crippen LogP) is 4.82. The predicted molar refractivity (Wildman–Crippen MR) is 111 cm³/mol. The molecule has 4 rings (SSSR count). The standard InChI is InChI=1S/C23H24N2OS/c1-3-9-19(10-4-1)17-25-15-16-26-18-21(25)23(20-11-5-2-6-12-20)27-22-13-7-8-14-24-22/h1-14,21,23H,15-18H2. The van der Waals surface area contributed by atoms with Crippen molar-refractivity contribution in [2.24, 2.45) is 0 Å². The first-order chi connectivity index (χ1) is 13.4. The van der Waals surface area contributed by atoms with E-state index in [9.17, 15) is 0 Å². The largest absolute Gasteiger partial charge is 0.378 e. The fraction of sp³-hybridized carbons (Fsp3) is 0.261. The van der Waals surface area contributed by atoms with E-state index in [2.05, 4.69) is 82.7 Å². The average molecular weight is 377 g/mol. The molecule has 2 unspecified atom stereocenters.